The summed E-state index contributed by atoms with van der Waals surface area (Å²) in [5.41, 5.74) is 15.0. The van der Waals surface area contributed by atoms with Crippen LogP contribution in [0.2, 0.25) is 0 Å². The van der Waals surface area contributed by atoms with Gasteiger partial charge in [0.1, 0.15) is 11.0 Å². The zero-order valence-electron chi connectivity index (χ0n) is 15.9. The third-order valence-corrected chi connectivity index (χ3v) is 5.17. The average molecular weight is 388 g/mol. The number of aromatic nitrogens is 4. The van der Waals surface area contributed by atoms with Gasteiger partial charge in [-0.1, -0.05) is 30.3 Å². The number of fused-ring (bicyclic) bond motifs is 4. The van der Waals surface area contributed by atoms with Crippen molar-refractivity contribution < 1.29 is 0 Å². The van der Waals surface area contributed by atoms with Crippen LogP contribution >= 0.6 is 0 Å². The van der Waals surface area contributed by atoms with Crippen molar-refractivity contribution in [2.24, 2.45) is 0 Å². The fraction of sp³-hybridized carbons (Fsp3) is 0. The summed E-state index contributed by atoms with van der Waals surface area (Å²) in [6.07, 6.45) is 0. The summed E-state index contributed by atoms with van der Waals surface area (Å²) in [6.45, 7) is 0. The lowest BCUT2D eigenvalue weighted by Crippen LogP contribution is -2.01. The molecule has 6 heteroatoms. The molecule has 0 spiro atoms. The van der Waals surface area contributed by atoms with Crippen LogP contribution in [0.15, 0.2) is 78.9 Å². The average Bonchev–Trinajstić information content (AvgIpc) is 2.78. The predicted molar refractivity (Wildman–Crippen MR) is 122 cm³/mol. The lowest BCUT2D eigenvalue weighted by Gasteiger charge is -2.14. The molecule has 4 aromatic carbocycles. The fourth-order valence-electron chi connectivity index (χ4n) is 3.71. The summed E-state index contributed by atoms with van der Waals surface area (Å²) in [4.78, 5) is 19.1. The molecule has 6 rings (SSSR count). The van der Waals surface area contributed by atoms with Gasteiger partial charge in [-0.2, -0.15) is 0 Å². The Morgan fingerprint density at radius 2 is 1.03 bits per heavy atom. The lowest BCUT2D eigenvalue weighted by molar-refractivity contribution is 1.38. The van der Waals surface area contributed by atoms with Crippen molar-refractivity contribution in [2.45, 2.75) is 0 Å². The van der Waals surface area contributed by atoms with Crippen LogP contribution in [0.5, 0.6) is 0 Å². The van der Waals surface area contributed by atoms with Crippen molar-refractivity contribution in [3.63, 3.8) is 0 Å². The molecule has 0 aliphatic rings. The summed E-state index contributed by atoms with van der Waals surface area (Å²) in [6, 6.07) is 25.3. The molecule has 30 heavy (non-hydrogen) atoms. The Hall–Kier alpha value is -4.32. The first-order valence-corrected chi connectivity index (χ1v) is 9.64. The van der Waals surface area contributed by atoms with E-state index in [-0.39, 0.29) is 0 Å². The van der Waals surface area contributed by atoms with Crippen molar-refractivity contribution >= 4 is 61.2 Å². The maximum absolute atomic E-state index is 6.35. The third kappa shape index (κ3) is 2.58. The molecule has 6 aromatic rings. The molecule has 0 saturated carbocycles. The van der Waals surface area contributed by atoms with E-state index in [1.807, 2.05) is 78.9 Å². The van der Waals surface area contributed by atoms with Gasteiger partial charge < -0.3 is 11.1 Å². The van der Waals surface area contributed by atoms with Gasteiger partial charge in [-0.05, 0) is 48.5 Å². The zero-order chi connectivity index (χ0) is 20.1. The first kappa shape index (κ1) is 16.6. The number of hydrogen-bond donors (Lipinski definition) is 2. The van der Waals surface area contributed by atoms with Gasteiger partial charge in [-0.15, -0.1) is 0 Å². The number of hydrogen-bond acceptors (Lipinski definition) is 6. The van der Waals surface area contributed by atoms with Gasteiger partial charge in [0, 0.05) is 0 Å². The van der Waals surface area contributed by atoms with E-state index >= 15 is 0 Å². The molecule has 0 unspecified atom stereocenters. The maximum atomic E-state index is 6.35. The van der Waals surface area contributed by atoms with Gasteiger partial charge in [0.05, 0.1) is 50.2 Å². The number of para-hydroxylation sites is 5. The maximum Gasteiger partial charge on any atom is 0.115 e. The molecule has 0 atom stereocenters. The van der Waals surface area contributed by atoms with Crippen LogP contribution in [0.4, 0.5) is 17.1 Å². The van der Waals surface area contributed by atoms with Crippen LogP contribution in [0.3, 0.4) is 0 Å². The minimum absolute atomic E-state index is 0.595. The molecule has 142 valence electrons. The minimum Gasteiger partial charge on any atom is -0.397 e. The standard InChI is InChI=1S/C24H16N6/c25-14-12-13-21-24(29-18-9-4-2-7-16(18)27-21)22(14)30-20-11-5-10-19-23(20)28-17-8-3-1-6-15(17)26-19/h1-13,30H,25H2. The molecular weight excluding hydrogens is 372 g/mol. The molecule has 0 radical (unpaired) electrons. The highest BCUT2D eigenvalue weighted by molar-refractivity contribution is 6.03. The second-order valence-corrected chi connectivity index (χ2v) is 7.12. The number of benzene rings is 4. The van der Waals surface area contributed by atoms with E-state index in [0.29, 0.717) is 11.4 Å². The van der Waals surface area contributed by atoms with E-state index in [1.54, 1.807) is 0 Å². The second kappa shape index (κ2) is 6.35. The zero-order valence-corrected chi connectivity index (χ0v) is 15.9. The predicted octanol–water partition coefficient (Wildman–Crippen LogP) is 5.21. The van der Waals surface area contributed by atoms with E-state index in [1.165, 1.54) is 0 Å². The molecule has 0 aliphatic carbocycles. The van der Waals surface area contributed by atoms with E-state index in [2.05, 4.69) is 5.32 Å². The fourth-order valence-corrected chi connectivity index (χ4v) is 3.71. The molecule has 0 amide bonds. The number of anilines is 3. The highest BCUT2D eigenvalue weighted by Gasteiger charge is 2.13. The largest absolute Gasteiger partial charge is 0.397 e. The van der Waals surface area contributed by atoms with Crippen molar-refractivity contribution in [2.75, 3.05) is 11.1 Å². The Balaban J connectivity index is 1.58. The van der Waals surface area contributed by atoms with Crippen LogP contribution < -0.4 is 11.1 Å². The molecule has 0 bridgehead atoms. The van der Waals surface area contributed by atoms with E-state index in [0.717, 1.165) is 49.8 Å². The normalized spacial score (nSPS) is 11.5. The van der Waals surface area contributed by atoms with Gasteiger partial charge >= 0.3 is 0 Å². The van der Waals surface area contributed by atoms with Gasteiger partial charge in [0.15, 0.2) is 0 Å². The Morgan fingerprint density at radius 3 is 1.70 bits per heavy atom. The van der Waals surface area contributed by atoms with Crippen LogP contribution in [0.25, 0.3) is 44.1 Å². The number of nitrogen functional groups attached to an aromatic ring is 1. The molecular formula is C24H16N6. The summed E-state index contributed by atoms with van der Waals surface area (Å²) in [5, 5.41) is 3.46. The van der Waals surface area contributed by atoms with Gasteiger partial charge in [-0.3, -0.25) is 0 Å². The van der Waals surface area contributed by atoms with E-state index < -0.39 is 0 Å². The molecule has 2 aromatic heterocycles. The van der Waals surface area contributed by atoms with Crippen molar-refractivity contribution in [1.82, 2.24) is 19.9 Å². The topological polar surface area (TPSA) is 89.6 Å². The lowest BCUT2D eigenvalue weighted by atomic mass is 10.1. The Morgan fingerprint density at radius 1 is 0.500 bits per heavy atom. The number of nitrogens with zero attached hydrogens (tertiary/aromatic N) is 4. The van der Waals surface area contributed by atoms with Crippen molar-refractivity contribution in [3.8, 4) is 0 Å². The Kier molecular flexibility index (Phi) is 3.52. The van der Waals surface area contributed by atoms with Crippen LogP contribution in [0.1, 0.15) is 0 Å². The first-order valence-electron chi connectivity index (χ1n) is 9.64. The highest BCUT2D eigenvalue weighted by Crippen LogP contribution is 2.33. The molecule has 0 saturated heterocycles. The quantitative estimate of drug-likeness (QED) is 0.313. The number of rotatable bonds is 2. The van der Waals surface area contributed by atoms with Gasteiger partial charge in [0.25, 0.3) is 0 Å². The van der Waals surface area contributed by atoms with Gasteiger partial charge in [-0.25, -0.2) is 19.9 Å². The molecule has 0 fully saturated rings. The third-order valence-electron chi connectivity index (χ3n) is 5.17. The minimum atomic E-state index is 0.595. The Bertz CT molecular complexity index is 1590. The van der Waals surface area contributed by atoms with Crippen molar-refractivity contribution in [3.05, 3.63) is 78.9 Å². The van der Waals surface area contributed by atoms with Crippen LogP contribution in [0, 0.1) is 0 Å². The summed E-state index contributed by atoms with van der Waals surface area (Å²) < 4.78 is 0. The van der Waals surface area contributed by atoms with Crippen molar-refractivity contribution in [1.29, 1.82) is 0 Å². The second-order valence-electron chi connectivity index (χ2n) is 7.12. The molecule has 6 nitrogen and oxygen atoms in total. The summed E-state index contributed by atoms with van der Waals surface area (Å²) in [5.74, 6) is 0. The number of nitrogens with two attached hydrogens (primary N) is 1. The Labute approximate surface area is 171 Å². The van der Waals surface area contributed by atoms with Crippen LogP contribution in [-0.2, 0) is 0 Å². The van der Waals surface area contributed by atoms with E-state index in [4.69, 9.17) is 25.7 Å². The molecule has 2 heterocycles. The monoisotopic (exact) mass is 388 g/mol. The van der Waals surface area contributed by atoms with Gasteiger partial charge in [0.2, 0.25) is 0 Å². The van der Waals surface area contributed by atoms with Crippen LogP contribution in [-0.4, -0.2) is 19.9 Å². The highest BCUT2D eigenvalue weighted by atomic mass is 15.0. The molecule has 3 N–H and O–H groups in total. The van der Waals surface area contributed by atoms with E-state index in [9.17, 15) is 0 Å². The smallest absolute Gasteiger partial charge is 0.115 e. The first-order chi connectivity index (χ1) is 14.8. The SMILES string of the molecule is Nc1ccc2nc3ccccc3nc2c1Nc1cccc2nc3ccccc3nc12. The summed E-state index contributed by atoms with van der Waals surface area (Å²) in [7, 11) is 0. The number of nitrogens with one attached hydrogen (secondary N) is 1. The summed E-state index contributed by atoms with van der Waals surface area (Å²) >= 11 is 0. The molecule has 0 aliphatic heterocycles.